The maximum atomic E-state index is 11.4. The first-order chi connectivity index (χ1) is 8.92. The standard InChI is InChI=1S/C12H21NO6/c1-12(17,11(15)16)8-13-10(14)4-6-18-7-9-3-2-5-19-9/h9,17H,2-8H2,1H3,(H,13,14)(H,15,16). The van der Waals surface area contributed by atoms with E-state index < -0.39 is 11.6 Å². The van der Waals surface area contributed by atoms with Crippen molar-refractivity contribution in [3.8, 4) is 0 Å². The molecule has 2 unspecified atom stereocenters. The number of hydrogen-bond donors (Lipinski definition) is 3. The minimum absolute atomic E-state index is 0.121. The summed E-state index contributed by atoms with van der Waals surface area (Å²) in [6.45, 7) is 2.29. The van der Waals surface area contributed by atoms with Crippen molar-refractivity contribution in [2.45, 2.75) is 37.9 Å². The zero-order valence-electron chi connectivity index (χ0n) is 11.1. The van der Waals surface area contributed by atoms with Gasteiger partial charge < -0.3 is 25.0 Å². The SMILES string of the molecule is CC(O)(CNC(=O)CCOCC1CCCO1)C(=O)O. The Kier molecular flexibility index (Phi) is 6.20. The van der Waals surface area contributed by atoms with Gasteiger partial charge in [-0.1, -0.05) is 0 Å². The minimum atomic E-state index is -1.95. The fourth-order valence-electron chi connectivity index (χ4n) is 1.59. The second kappa shape index (κ2) is 7.42. The van der Waals surface area contributed by atoms with Crippen molar-refractivity contribution in [1.82, 2.24) is 5.32 Å². The Morgan fingerprint density at radius 1 is 1.53 bits per heavy atom. The zero-order valence-corrected chi connectivity index (χ0v) is 11.1. The van der Waals surface area contributed by atoms with E-state index in [9.17, 15) is 14.7 Å². The summed E-state index contributed by atoms with van der Waals surface area (Å²) in [6, 6.07) is 0. The van der Waals surface area contributed by atoms with E-state index in [0.29, 0.717) is 6.61 Å². The van der Waals surface area contributed by atoms with Gasteiger partial charge in [0.2, 0.25) is 5.91 Å². The third kappa shape index (κ3) is 6.00. The molecular formula is C12H21NO6. The van der Waals surface area contributed by atoms with Gasteiger partial charge in [0.25, 0.3) is 0 Å². The molecular weight excluding hydrogens is 254 g/mol. The van der Waals surface area contributed by atoms with E-state index >= 15 is 0 Å². The molecule has 1 amide bonds. The highest BCUT2D eigenvalue weighted by molar-refractivity contribution is 5.80. The summed E-state index contributed by atoms with van der Waals surface area (Å²) in [5, 5.41) is 20.4. The third-order valence-corrected chi connectivity index (χ3v) is 2.89. The van der Waals surface area contributed by atoms with Crippen LogP contribution in [0.1, 0.15) is 26.2 Å². The van der Waals surface area contributed by atoms with Gasteiger partial charge in [-0.2, -0.15) is 0 Å². The van der Waals surface area contributed by atoms with E-state index in [0.717, 1.165) is 26.4 Å². The first kappa shape index (κ1) is 15.9. The van der Waals surface area contributed by atoms with E-state index in [-0.39, 0.29) is 31.6 Å². The molecule has 1 saturated heterocycles. The van der Waals surface area contributed by atoms with E-state index in [2.05, 4.69) is 5.32 Å². The minimum Gasteiger partial charge on any atom is -0.479 e. The lowest BCUT2D eigenvalue weighted by atomic mass is 10.1. The second-order valence-corrected chi connectivity index (χ2v) is 4.82. The Hall–Kier alpha value is -1.18. The number of carbonyl (C=O) groups is 2. The number of amides is 1. The number of nitrogens with one attached hydrogen (secondary N) is 1. The van der Waals surface area contributed by atoms with E-state index in [1.165, 1.54) is 0 Å². The number of aliphatic carboxylic acids is 1. The monoisotopic (exact) mass is 275 g/mol. The molecule has 0 aromatic rings. The second-order valence-electron chi connectivity index (χ2n) is 4.82. The molecule has 7 heteroatoms. The Labute approximate surface area is 111 Å². The van der Waals surface area contributed by atoms with Crippen molar-refractivity contribution in [1.29, 1.82) is 0 Å². The molecule has 1 aliphatic rings. The first-order valence-corrected chi connectivity index (χ1v) is 6.33. The lowest BCUT2D eigenvalue weighted by molar-refractivity contribution is -0.156. The molecule has 1 aliphatic heterocycles. The third-order valence-electron chi connectivity index (χ3n) is 2.89. The van der Waals surface area contributed by atoms with Crippen LogP contribution in [0, 0.1) is 0 Å². The Morgan fingerprint density at radius 2 is 2.26 bits per heavy atom. The summed E-state index contributed by atoms with van der Waals surface area (Å²) < 4.78 is 10.7. The Bertz CT molecular complexity index is 311. The van der Waals surface area contributed by atoms with Gasteiger partial charge in [-0.05, 0) is 19.8 Å². The molecule has 1 heterocycles. The van der Waals surface area contributed by atoms with Gasteiger partial charge in [0.15, 0.2) is 5.60 Å². The fraction of sp³-hybridized carbons (Fsp3) is 0.833. The molecule has 19 heavy (non-hydrogen) atoms. The van der Waals surface area contributed by atoms with E-state index in [4.69, 9.17) is 14.6 Å². The Morgan fingerprint density at radius 3 is 2.84 bits per heavy atom. The van der Waals surface area contributed by atoms with Gasteiger partial charge >= 0.3 is 5.97 Å². The van der Waals surface area contributed by atoms with Crippen LogP contribution < -0.4 is 5.32 Å². The van der Waals surface area contributed by atoms with Crippen LogP contribution in [0.25, 0.3) is 0 Å². The summed E-state index contributed by atoms with van der Waals surface area (Å²) in [6.07, 6.45) is 2.27. The Balaban J connectivity index is 2.06. The van der Waals surface area contributed by atoms with Crippen molar-refractivity contribution in [2.24, 2.45) is 0 Å². The molecule has 3 N–H and O–H groups in total. The molecule has 1 fully saturated rings. The average molecular weight is 275 g/mol. The summed E-state index contributed by atoms with van der Waals surface area (Å²) in [5.74, 6) is -1.73. The molecule has 0 aromatic heterocycles. The van der Waals surface area contributed by atoms with Crippen LogP contribution in [-0.4, -0.2) is 60.2 Å². The highest BCUT2D eigenvalue weighted by Gasteiger charge is 2.30. The molecule has 7 nitrogen and oxygen atoms in total. The lowest BCUT2D eigenvalue weighted by Gasteiger charge is -2.18. The van der Waals surface area contributed by atoms with Crippen LogP contribution >= 0.6 is 0 Å². The molecule has 110 valence electrons. The van der Waals surface area contributed by atoms with Crippen LogP contribution in [-0.2, 0) is 19.1 Å². The normalized spacial score (nSPS) is 21.9. The number of carboxylic acid groups (broad SMARTS) is 1. The zero-order chi connectivity index (χ0) is 14.3. The highest BCUT2D eigenvalue weighted by Crippen LogP contribution is 2.11. The molecule has 0 spiro atoms. The largest absolute Gasteiger partial charge is 0.479 e. The maximum Gasteiger partial charge on any atom is 0.337 e. The van der Waals surface area contributed by atoms with Gasteiger partial charge in [-0.25, -0.2) is 4.79 Å². The summed E-state index contributed by atoms with van der Waals surface area (Å²) in [7, 11) is 0. The number of ether oxygens (including phenoxy) is 2. The van der Waals surface area contributed by atoms with Crippen LogP contribution in [0.4, 0.5) is 0 Å². The fourth-order valence-corrected chi connectivity index (χ4v) is 1.59. The molecule has 1 rings (SSSR count). The van der Waals surface area contributed by atoms with Crippen molar-refractivity contribution < 1.29 is 29.3 Å². The smallest absolute Gasteiger partial charge is 0.337 e. The van der Waals surface area contributed by atoms with Crippen molar-refractivity contribution in [3.63, 3.8) is 0 Å². The van der Waals surface area contributed by atoms with Gasteiger partial charge in [0.05, 0.1) is 25.9 Å². The molecule has 0 saturated carbocycles. The average Bonchev–Trinajstić information content (AvgIpc) is 2.85. The van der Waals surface area contributed by atoms with Crippen molar-refractivity contribution in [3.05, 3.63) is 0 Å². The summed E-state index contributed by atoms with van der Waals surface area (Å²) >= 11 is 0. The molecule has 0 aromatic carbocycles. The molecule has 2 atom stereocenters. The van der Waals surface area contributed by atoms with E-state index in [1.54, 1.807) is 0 Å². The summed E-state index contributed by atoms with van der Waals surface area (Å²) in [5.41, 5.74) is -1.95. The van der Waals surface area contributed by atoms with Gasteiger partial charge in [0.1, 0.15) is 0 Å². The van der Waals surface area contributed by atoms with Crippen molar-refractivity contribution >= 4 is 11.9 Å². The number of hydrogen-bond acceptors (Lipinski definition) is 5. The number of rotatable bonds is 8. The predicted molar refractivity (Wildman–Crippen MR) is 65.7 cm³/mol. The van der Waals surface area contributed by atoms with Crippen LogP contribution in [0.3, 0.4) is 0 Å². The van der Waals surface area contributed by atoms with Gasteiger partial charge in [-0.3, -0.25) is 4.79 Å². The summed E-state index contributed by atoms with van der Waals surface area (Å²) in [4.78, 5) is 22.0. The molecule has 0 bridgehead atoms. The number of carboxylic acids is 1. The lowest BCUT2D eigenvalue weighted by Crippen LogP contribution is -2.46. The predicted octanol–water partition coefficient (Wildman–Crippen LogP) is -0.476. The highest BCUT2D eigenvalue weighted by atomic mass is 16.5. The van der Waals surface area contributed by atoms with E-state index in [1.807, 2.05) is 0 Å². The molecule has 0 radical (unpaired) electrons. The van der Waals surface area contributed by atoms with Crippen LogP contribution in [0.5, 0.6) is 0 Å². The van der Waals surface area contributed by atoms with Gasteiger partial charge in [-0.15, -0.1) is 0 Å². The maximum absolute atomic E-state index is 11.4. The van der Waals surface area contributed by atoms with Crippen molar-refractivity contribution in [2.75, 3.05) is 26.4 Å². The van der Waals surface area contributed by atoms with Crippen LogP contribution in [0.15, 0.2) is 0 Å². The number of carbonyl (C=O) groups excluding carboxylic acids is 1. The quantitative estimate of drug-likeness (QED) is 0.517. The molecule has 0 aliphatic carbocycles. The topological polar surface area (TPSA) is 105 Å². The number of aliphatic hydroxyl groups is 1. The van der Waals surface area contributed by atoms with Gasteiger partial charge in [0, 0.05) is 13.0 Å². The first-order valence-electron chi connectivity index (χ1n) is 6.33. The van der Waals surface area contributed by atoms with Crippen LogP contribution in [0.2, 0.25) is 0 Å².